The Labute approximate surface area is 156 Å². The Balaban J connectivity index is 2.39. The predicted octanol–water partition coefficient (Wildman–Crippen LogP) is 4.00. The maximum Gasteiger partial charge on any atom is 0.308 e. The molecule has 0 N–H and O–H groups in total. The summed E-state index contributed by atoms with van der Waals surface area (Å²) in [6.45, 7) is 1.31. The number of hydrogen-bond donors (Lipinski definition) is 0. The van der Waals surface area contributed by atoms with Gasteiger partial charge in [0.1, 0.15) is 11.4 Å². The van der Waals surface area contributed by atoms with E-state index in [2.05, 4.69) is 0 Å². The van der Waals surface area contributed by atoms with Crippen molar-refractivity contribution in [2.75, 3.05) is 14.1 Å². The molecule has 7 nitrogen and oxygen atoms in total. The van der Waals surface area contributed by atoms with Gasteiger partial charge in [0.15, 0.2) is 0 Å². The van der Waals surface area contributed by atoms with Crippen molar-refractivity contribution in [1.82, 2.24) is 9.47 Å². The second-order valence-electron chi connectivity index (χ2n) is 6.21. The van der Waals surface area contributed by atoms with Crippen LogP contribution in [0.25, 0.3) is 22.7 Å². The highest BCUT2D eigenvalue weighted by atomic mass is 16.6. The van der Waals surface area contributed by atoms with E-state index in [4.69, 9.17) is 4.74 Å². The summed E-state index contributed by atoms with van der Waals surface area (Å²) in [7, 11) is 3.69. The quantitative estimate of drug-likeness (QED) is 0.296. The van der Waals surface area contributed by atoms with Crippen LogP contribution in [0.3, 0.4) is 0 Å². The molecule has 3 aromatic rings. The maximum absolute atomic E-state index is 11.8. The Hall–Kier alpha value is -3.61. The number of nitrogens with zero attached hydrogens (tertiary/aromatic N) is 3. The Morgan fingerprint density at radius 2 is 1.89 bits per heavy atom. The van der Waals surface area contributed by atoms with Crippen molar-refractivity contribution < 1.29 is 14.5 Å². The molecular weight excluding hydrogens is 346 g/mol. The Bertz CT molecular complexity index is 1040. The summed E-state index contributed by atoms with van der Waals surface area (Å²) in [5.41, 5.74) is 1.80. The van der Waals surface area contributed by atoms with Crippen molar-refractivity contribution in [3.63, 3.8) is 0 Å². The SMILES string of the molecule is CC(=O)Oc1ccc2c([N+](=O)[O-])c(C=CN(C)C)n(-c3ccccc3)c2c1. The molecule has 0 aliphatic heterocycles. The Kier molecular flexibility index (Phi) is 4.94. The molecule has 1 aromatic heterocycles. The largest absolute Gasteiger partial charge is 0.427 e. The van der Waals surface area contributed by atoms with E-state index in [0.717, 1.165) is 5.69 Å². The fourth-order valence-electron chi connectivity index (χ4n) is 2.92. The summed E-state index contributed by atoms with van der Waals surface area (Å²) in [6.07, 6.45) is 3.46. The van der Waals surface area contributed by atoms with Crippen LogP contribution in [0.15, 0.2) is 54.7 Å². The van der Waals surface area contributed by atoms with Crippen molar-refractivity contribution in [1.29, 1.82) is 0 Å². The van der Waals surface area contributed by atoms with Gasteiger partial charge in [-0.25, -0.2) is 0 Å². The molecule has 0 fully saturated rings. The molecule has 0 spiro atoms. The monoisotopic (exact) mass is 365 g/mol. The van der Waals surface area contributed by atoms with E-state index in [1.807, 2.05) is 44.4 Å². The van der Waals surface area contributed by atoms with Gasteiger partial charge in [0.25, 0.3) is 0 Å². The number of rotatable bonds is 5. The molecule has 0 aliphatic rings. The van der Waals surface area contributed by atoms with Crippen LogP contribution in [-0.2, 0) is 4.79 Å². The number of carbonyl (C=O) groups excluding carboxylic acids is 1. The number of aromatic nitrogens is 1. The van der Waals surface area contributed by atoms with Crippen molar-refractivity contribution in [3.8, 4) is 11.4 Å². The van der Waals surface area contributed by atoms with Crippen LogP contribution in [0.5, 0.6) is 5.75 Å². The molecule has 7 heteroatoms. The van der Waals surface area contributed by atoms with Gasteiger partial charge in [0.05, 0.1) is 15.8 Å². The second kappa shape index (κ2) is 7.33. The fraction of sp³-hybridized carbons (Fsp3) is 0.150. The molecule has 1 heterocycles. The van der Waals surface area contributed by atoms with Crippen LogP contribution < -0.4 is 4.74 Å². The summed E-state index contributed by atoms with van der Waals surface area (Å²) in [5.74, 6) is -0.114. The highest BCUT2D eigenvalue weighted by molar-refractivity contribution is 5.97. The zero-order chi connectivity index (χ0) is 19.6. The van der Waals surface area contributed by atoms with E-state index in [0.29, 0.717) is 22.3 Å². The second-order valence-corrected chi connectivity index (χ2v) is 6.21. The average molecular weight is 365 g/mol. The molecule has 0 aliphatic carbocycles. The van der Waals surface area contributed by atoms with Crippen molar-refractivity contribution in [3.05, 3.63) is 70.5 Å². The van der Waals surface area contributed by atoms with Gasteiger partial charge in [-0.1, -0.05) is 18.2 Å². The number of carbonyl (C=O) groups is 1. The molecule has 0 amide bonds. The van der Waals surface area contributed by atoms with Gasteiger partial charge < -0.3 is 14.2 Å². The molecule has 2 aromatic carbocycles. The maximum atomic E-state index is 11.8. The van der Waals surface area contributed by atoms with E-state index in [1.54, 1.807) is 39.9 Å². The van der Waals surface area contributed by atoms with E-state index in [-0.39, 0.29) is 10.6 Å². The first-order valence-corrected chi connectivity index (χ1v) is 8.30. The standard InChI is InChI=1S/C20H19N3O4/c1-14(24)27-16-9-10-17-19(13-16)22(15-7-5-4-6-8-15)18(11-12-21(2)3)20(17)23(25)26/h4-13H,1-3H3. The summed E-state index contributed by atoms with van der Waals surface area (Å²) in [6, 6.07) is 14.2. The zero-order valence-corrected chi connectivity index (χ0v) is 15.2. The number of para-hydroxylation sites is 1. The van der Waals surface area contributed by atoms with E-state index in [1.165, 1.54) is 6.92 Å². The third-order valence-corrected chi connectivity index (χ3v) is 3.94. The third kappa shape index (κ3) is 3.67. The molecule has 0 bridgehead atoms. The Morgan fingerprint density at radius 3 is 2.48 bits per heavy atom. The van der Waals surface area contributed by atoms with Gasteiger partial charge in [-0.3, -0.25) is 14.9 Å². The molecule has 0 radical (unpaired) electrons. The lowest BCUT2D eigenvalue weighted by molar-refractivity contribution is -0.383. The van der Waals surface area contributed by atoms with Crippen LogP contribution in [0.4, 0.5) is 5.69 Å². The lowest BCUT2D eigenvalue weighted by Crippen LogP contribution is -2.03. The lowest BCUT2D eigenvalue weighted by atomic mass is 10.2. The highest BCUT2D eigenvalue weighted by Crippen LogP contribution is 2.38. The molecule has 0 saturated heterocycles. The van der Waals surface area contributed by atoms with Gasteiger partial charge in [-0.15, -0.1) is 0 Å². The minimum atomic E-state index is -0.450. The minimum absolute atomic E-state index is 0.00123. The number of fused-ring (bicyclic) bond motifs is 1. The van der Waals surface area contributed by atoms with Gasteiger partial charge in [0, 0.05) is 39.0 Å². The molecule has 3 rings (SSSR count). The van der Waals surface area contributed by atoms with E-state index in [9.17, 15) is 14.9 Å². The van der Waals surface area contributed by atoms with E-state index < -0.39 is 5.97 Å². The third-order valence-electron chi connectivity index (χ3n) is 3.94. The average Bonchev–Trinajstić information content (AvgIpc) is 2.93. The molecule has 138 valence electrons. The molecule has 27 heavy (non-hydrogen) atoms. The topological polar surface area (TPSA) is 77.6 Å². The molecular formula is C20H19N3O4. The summed E-state index contributed by atoms with van der Waals surface area (Å²) < 4.78 is 6.96. The van der Waals surface area contributed by atoms with Crippen molar-refractivity contribution in [2.45, 2.75) is 6.92 Å². The van der Waals surface area contributed by atoms with E-state index >= 15 is 0 Å². The summed E-state index contributed by atoms with van der Waals surface area (Å²) >= 11 is 0. The van der Waals surface area contributed by atoms with Crippen molar-refractivity contribution in [2.24, 2.45) is 0 Å². The summed E-state index contributed by atoms with van der Waals surface area (Å²) in [4.78, 5) is 24.6. The van der Waals surface area contributed by atoms with Crippen LogP contribution in [-0.4, -0.2) is 34.5 Å². The Morgan fingerprint density at radius 1 is 1.19 bits per heavy atom. The van der Waals surface area contributed by atoms with Gasteiger partial charge in [-0.2, -0.15) is 0 Å². The fourth-order valence-corrected chi connectivity index (χ4v) is 2.92. The first kappa shape index (κ1) is 18.2. The zero-order valence-electron chi connectivity index (χ0n) is 15.2. The van der Waals surface area contributed by atoms with Gasteiger partial charge >= 0.3 is 11.7 Å². The van der Waals surface area contributed by atoms with Crippen LogP contribution >= 0.6 is 0 Å². The smallest absolute Gasteiger partial charge is 0.308 e. The van der Waals surface area contributed by atoms with Crippen LogP contribution in [0.1, 0.15) is 12.6 Å². The minimum Gasteiger partial charge on any atom is -0.427 e. The first-order valence-electron chi connectivity index (χ1n) is 8.30. The number of benzene rings is 2. The highest BCUT2D eigenvalue weighted by Gasteiger charge is 2.26. The van der Waals surface area contributed by atoms with Crippen LogP contribution in [0.2, 0.25) is 0 Å². The van der Waals surface area contributed by atoms with Crippen molar-refractivity contribution >= 4 is 28.6 Å². The molecule has 0 unspecified atom stereocenters. The first-order chi connectivity index (χ1) is 12.9. The van der Waals surface area contributed by atoms with Crippen LogP contribution in [0, 0.1) is 10.1 Å². The van der Waals surface area contributed by atoms with Gasteiger partial charge in [-0.05, 0) is 30.3 Å². The number of esters is 1. The lowest BCUT2D eigenvalue weighted by Gasteiger charge is -2.09. The predicted molar refractivity (Wildman–Crippen MR) is 104 cm³/mol. The van der Waals surface area contributed by atoms with Gasteiger partial charge in [0.2, 0.25) is 0 Å². The number of hydrogen-bond acceptors (Lipinski definition) is 5. The summed E-state index contributed by atoms with van der Waals surface area (Å²) in [5, 5.41) is 12.3. The molecule has 0 saturated carbocycles. The number of nitro groups is 1. The normalized spacial score (nSPS) is 11.1. The number of ether oxygens (including phenoxy) is 1. The molecule has 0 atom stereocenters.